The molecule has 4 nitrogen and oxygen atoms in total. The lowest BCUT2D eigenvalue weighted by molar-refractivity contribution is 0.102. The van der Waals surface area contributed by atoms with E-state index in [2.05, 4.69) is 26.2 Å². The van der Waals surface area contributed by atoms with Crippen LogP contribution in [0.4, 0.5) is 11.4 Å². The summed E-state index contributed by atoms with van der Waals surface area (Å²) in [6, 6.07) is 14.6. The number of nitrogens with zero attached hydrogens (tertiary/aromatic N) is 1. The minimum Gasteiger partial charge on any atom is -0.399 e. The lowest BCUT2D eigenvalue weighted by atomic mass is 10.1. The Morgan fingerprint density at radius 2 is 1.95 bits per heavy atom. The van der Waals surface area contributed by atoms with Crippen molar-refractivity contribution in [2.24, 2.45) is 0 Å². The summed E-state index contributed by atoms with van der Waals surface area (Å²) in [5.41, 5.74) is 8.18. The number of amides is 1. The van der Waals surface area contributed by atoms with Crippen molar-refractivity contribution in [3.8, 4) is 0 Å². The summed E-state index contributed by atoms with van der Waals surface area (Å²) in [4.78, 5) is 16.8. The van der Waals surface area contributed by atoms with Crippen molar-refractivity contribution < 1.29 is 4.79 Å². The standard InChI is InChI=1S/C16H12BrN3O/c17-13-7-6-11(18)9-14(13)20-16(21)12-5-1-3-10-4-2-8-19-15(10)12/h1-9H,18H2,(H,20,21). The first-order valence-electron chi connectivity index (χ1n) is 6.35. The molecule has 21 heavy (non-hydrogen) atoms. The van der Waals surface area contributed by atoms with Gasteiger partial charge in [0.2, 0.25) is 0 Å². The van der Waals surface area contributed by atoms with E-state index in [-0.39, 0.29) is 5.91 Å². The van der Waals surface area contributed by atoms with Gasteiger partial charge in [0.15, 0.2) is 0 Å². The van der Waals surface area contributed by atoms with Crippen LogP contribution < -0.4 is 11.1 Å². The van der Waals surface area contributed by atoms with Crippen molar-refractivity contribution in [3.05, 3.63) is 64.8 Å². The molecule has 0 aliphatic carbocycles. The second-order valence-corrected chi connectivity index (χ2v) is 5.43. The molecule has 0 bridgehead atoms. The third-order valence-electron chi connectivity index (χ3n) is 3.12. The molecule has 0 radical (unpaired) electrons. The van der Waals surface area contributed by atoms with Crippen LogP contribution in [0.15, 0.2) is 59.2 Å². The molecule has 3 aromatic rings. The molecule has 2 aromatic carbocycles. The number of para-hydroxylation sites is 1. The molecule has 0 saturated heterocycles. The second-order valence-electron chi connectivity index (χ2n) is 4.57. The van der Waals surface area contributed by atoms with E-state index in [0.717, 1.165) is 9.86 Å². The molecule has 1 aromatic heterocycles. The summed E-state index contributed by atoms with van der Waals surface area (Å²) in [7, 11) is 0. The van der Waals surface area contributed by atoms with Crippen molar-refractivity contribution in [2.45, 2.75) is 0 Å². The van der Waals surface area contributed by atoms with Crippen LogP contribution in [0.5, 0.6) is 0 Å². The van der Waals surface area contributed by atoms with E-state index in [1.54, 1.807) is 30.5 Å². The summed E-state index contributed by atoms with van der Waals surface area (Å²) in [6.45, 7) is 0. The average Bonchev–Trinajstić information content (AvgIpc) is 2.50. The zero-order valence-electron chi connectivity index (χ0n) is 11.0. The number of hydrogen-bond donors (Lipinski definition) is 2. The van der Waals surface area contributed by atoms with Gasteiger partial charge in [0, 0.05) is 21.7 Å². The molecule has 0 atom stereocenters. The van der Waals surface area contributed by atoms with Crippen molar-refractivity contribution in [1.82, 2.24) is 4.98 Å². The summed E-state index contributed by atoms with van der Waals surface area (Å²) in [6.07, 6.45) is 1.68. The van der Waals surface area contributed by atoms with E-state index in [1.807, 2.05) is 24.3 Å². The van der Waals surface area contributed by atoms with E-state index in [0.29, 0.717) is 22.5 Å². The Hall–Kier alpha value is -2.40. The number of carbonyl (C=O) groups excluding carboxylic acids is 1. The number of hydrogen-bond acceptors (Lipinski definition) is 3. The number of rotatable bonds is 2. The van der Waals surface area contributed by atoms with Crippen LogP contribution in [-0.2, 0) is 0 Å². The Morgan fingerprint density at radius 3 is 2.81 bits per heavy atom. The molecule has 0 fully saturated rings. The van der Waals surface area contributed by atoms with Gasteiger partial charge in [-0.2, -0.15) is 0 Å². The summed E-state index contributed by atoms with van der Waals surface area (Å²) < 4.78 is 0.776. The highest BCUT2D eigenvalue weighted by Gasteiger charge is 2.12. The molecule has 3 rings (SSSR count). The summed E-state index contributed by atoms with van der Waals surface area (Å²) in [5, 5.41) is 3.78. The number of pyridine rings is 1. The van der Waals surface area contributed by atoms with E-state index in [4.69, 9.17) is 5.73 Å². The molecular formula is C16H12BrN3O. The number of benzene rings is 2. The van der Waals surface area contributed by atoms with E-state index >= 15 is 0 Å². The van der Waals surface area contributed by atoms with Crippen molar-refractivity contribution in [3.63, 3.8) is 0 Å². The highest BCUT2D eigenvalue weighted by molar-refractivity contribution is 9.10. The monoisotopic (exact) mass is 341 g/mol. The maximum atomic E-state index is 12.5. The van der Waals surface area contributed by atoms with Crippen LogP contribution in [0, 0.1) is 0 Å². The first-order valence-corrected chi connectivity index (χ1v) is 7.14. The number of nitrogens with two attached hydrogens (primary N) is 1. The Morgan fingerprint density at radius 1 is 1.14 bits per heavy atom. The number of halogens is 1. The Bertz CT molecular complexity index is 827. The van der Waals surface area contributed by atoms with Crippen LogP contribution in [0.2, 0.25) is 0 Å². The number of fused-ring (bicyclic) bond motifs is 1. The maximum absolute atomic E-state index is 12.5. The summed E-state index contributed by atoms with van der Waals surface area (Å²) >= 11 is 3.40. The number of nitrogen functional groups attached to an aromatic ring is 1. The van der Waals surface area contributed by atoms with Crippen LogP contribution >= 0.6 is 15.9 Å². The molecule has 1 heterocycles. The summed E-state index contributed by atoms with van der Waals surface area (Å²) in [5.74, 6) is -0.217. The lowest BCUT2D eigenvalue weighted by Gasteiger charge is -2.09. The van der Waals surface area contributed by atoms with Crippen LogP contribution in [0.25, 0.3) is 10.9 Å². The van der Waals surface area contributed by atoms with Crippen LogP contribution in [-0.4, -0.2) is 10.9 Å². The molecule has 0 aliphatic rings. The highest BCUT2D eigenvalue weighted by atomic mass is 79.9. The van der Waals surface area contributed by atoms with Crippen LogP contribution in [0.1, 0.15) is 10.4 Å². The van der Waals surface area contributed by atoms with Gasteiger partial charge in [-0.1, -0.05) is 18.2 Å². The van der Waals surface area contributed by atoms with Gasteiger partial charge in [0.05, 0.1) is 16.8 Å². The molecule has 0 spiro atoms. The van der Waals surface area contributed by atoms with Crippen molar-refractivity contribution in [2.75, 3.05) is 11.1 Å². The van der Waals surface area contributed by atoms with Gasteiger partial charge in [0.25, 0.3) is 5.91 Å². The molecule has 104 valence electrons. The van der Waals surface area contributed by atoms with Gasteiger partial charge in [-0.25, -0.2) is 0 Å². The minimum absolute atomic E-state index is 0.217. The fraction of sp³-hybridized carbons (Fsp3) is 0. The van der Waals surface area contributed by atoms with E-state index < -0.39 is 0 Å². The zero-order valence-corrected chi connectivity index (χ0v) is 12.6. The SMILES string of the molecule is Nc1ccc(Br)c(NC(=O)c2cccc3cccnc23)c1. The predicted molar refractivity (Wildman–Crippen MR) is 88.3 cm³/mol. The largest absolute Gasteiger partial charge is 0.399 e. The predicted octanol–water partition coefficient (Wildman–Crippen LogP) is 3.83. The molecule has 5 heteroatoms. The molecule has 0 aliphatic heterocycles. The molecule has 3 N–H and O–H groups in total. The first kappa shape index (κ1) is 13.6. The van der Waals surface area contributed by atoms with E-state index in [9.17, 15) is 4.79 Å². The number of carbonyl (C=O) groups is 1. The third kappa shape index (κ3) is 2.73. The molecule has 1 amide bonds. The van der Waals surface area contributed by atoms with Gasteiger partial charge < -0.3 is 11.1 Å². The zero-order chi connectivity index (χ0) is 14.8. The van der Waals surface area contributed by atoms with Crippen LogP contribution in [0.3, 0.4) is 0 Å². The van der Waals surface area contributed by atoms with Gasteiger partial charge in [-0.15, -0.1) is 0 Å². The van der Waals surface area contributed by atoms with Gasteiger partial charge in [-0.3, -0.25) is 9.78 Å². The van der Waals surface area contributed by atoms with E-state index in [1.165, 1.54) is 0 Å². The second kappa shape index (κ2) is 5.54. The average molecular weight is 342 g/mol. The number of aromatic nitrogens is 1. The van der Waals surface area contributed by atoms with Gasteiger partial charge in [-0.05, 0) is 46.3 Å². The molecule has 0 saturated carbocycles. The number of nitrogens with one attached hydrogen (secondary N) is 1. The smallest absolute Gasteiger partial charge is 0.257 e. The quantitative estimate of drug-likeness (QED) is 0.696. The molecular weight excluding hydrogens is 330 g/mol. The lowest BCUT2D eigenvalue weighted by Crippen LogP contribution is -2.13. The maximum Gasteiger partial charge on any atom is 0.257 e. The fourth-order valence-corrected chi connectivity index (χ4v) is 2.46. The first-order chi connectivity index (χ1) is 10.1. The Labute approximate surface area is 130 Å². The topological polar surface area (TPSA) is 68.0 Å². The Balaban J connectivity index is 1.99. The Kier molecular flexibility index (Phi) is 3.58. The van der Waals surface area contributed by atoms with Gasteiger partial charge >= 0.3 is 0 Å². The normalized spacial score (nSPS) is 10.5. The highest BCUT2D eigenvalue weighted by Crippen LogP contribution is 2.26. The fourth-order valence-electron chi connectivity index (χ4n) is 2.12. The van der Waals surface area contributed by atoms with Gasteiger partial charge in [0.1, 0.15) is 0 Å². The number of anilines is 2. The minimum atomic E-state index is -0.217. The van der Waals surface area contributed by atoms with Crippen molar-refractivity contribution in [1.29, 1.82) is 0 Å². The third-order valence-corrected chi connectivity index (χ3v) is 3.81. The van der Waals surface area contributed by atoms with Crippen molar-refractivity contribution >= 4 is 44.1 Å². The molecule has 0 unspecified atom stereocenters.